The highest BCUT2D eigenvalue weighted by Gasteiger charge is 2.06. The van der Waals surface area contributed by atoms with Gasteiger partial charge in [0.05, 0.1) is 12.3 Å². The van der Waals surface area contributed by atoms with Crippen LogP contribution < -0.4 is 10.1 Å². The molecule has 116 valence electrons. The second kappa shape index (κ2) is 6.74. The van der Waals surface area contributed by atoms with Gasteiger partial charge >= 0.3 is 0 Å². The molecule has 1 aromatic heterocycles. The first-order valence-corrected chi connectivity index (χ1v) is 7.25. The Kier molecular flexibility index (Phi) is 4.33. The van der Waals surface area contributed by atoms with E-state index in [1.54, 1.807) is 35.3 Å². The molecule has 6 heteroatoms. The van der Waals surface area contributed by atoms with Crippen LogP contribution in [0.4, 0.5) is 5.69 Å². The average molecular weight is 308 g/mol. The molecule has 23 heavy (non-hydrogen) atoms. The van der Waals surface area contributed by atoms with Gasteiger partial charge in [-0.15, -0.1) is 0 Å². The summed E-state index contributed by atoms with van der Waals surface area (Å²) in [6, 6.07) is 14.4. The van der Waals surface area contributed by atoms with E-state index in [1.165, 1.54) is 6.33 Å². The number of aromatic nitrogens is 3. The Balaban J connectivity index is 1.67. The first-order chi connectivity index (χ1) is 11.3. The van der Waals surface area contributed by atoms with Gasteiger partial charge in [-0.1, -0.05) is 0 Å². The van der Waals surface area contributed by atoms with Crippen LogP contribution in [0.25, 0.3) is 5.69 Å². The molecule has 0 radical (unpaired) electrons. The fraction of sp³-hybridized carbons (Fsp3) is 0.118. The van der Waals surface area contributed by atoms with E-state index in [0.29, 0.717) is 17.9 Å². The third kappa shape index (κ3) is 3.55. The highest BCUT2D eigenvalue weighted by Crippen LogP contribution is 2.16. The minimum atomic E-state index is -0.165. The smallest absolute Gasteiger partial charge is 0.255 e. The van der Waals surface area contributed by atoms with Gasteiger partial charge in [0, 0.05) is 11.3 Å². The maximum absolute atomic E-state index is 12.2. The SMILES string of the molecule is CCOc1ccc(C(=O)Nc2ccc(-n3cncn3)cc2)cc1. The molecule has 1 N–H and O–H groups in total. The predicted octanol–water partition coefficient (Wildman–Crippen LogP) is 2.92. The Morgan fingerprint density at radius 3 is 2.48 bits per heavy atom. The first kappa shape index (κ1) is 14.8. The van der Waals surface area contributed by atoms with Gasteiger partial charge in [-0.05, 0) is 55.5 Å². The van der Waals surface area contributed by atoms with Gasteiger partial charge < -0.3 is 10.1 Å². The van der Waals surface area contributed by atoms with Crippen molar-refractivity contribution >= 4 is 11.6 Å². The van der Waals surface area contributed by atoms with Crippen molar-refractivity contribution in [2.45, 2.75) is 6.92 Å². The number of hydrogen-bond donors (Lipinski definition) is 1. The van der Waals surface area contributed by atoms with Crippen LogP contribution >= 0.6 is 0 Å². The fourth-order valence-electron chi connectivity index (χ4n) is 2.11. The van der Waals surface area contributed by atoms with Crippen molar-refractivity contribution in [2.75, 3.05) is 11.9 Å². The number of anilines is 1. The number of hydrogen-bond acceptors (Lipinski definition) is 4. The summed E-state index contributed by atoms with van der Waals surface area (Å²) in [5.74, 6) is 0.586. The van der Waals surface area contributed by atoms with Crippen molar-refractivity contribution in [3.05, 3.63) is 66.7 Å². The normalized spacial score (nSPS) is 10.3. The topological polar surface area (TPSA) is 69.0 Å². The summed E-state index contributed by atoms with van der Waals surface area (Å²) >= 11 is 0. The average Bonchev–Trinajstić information content (AvgIpc) is 3.11. The molecule has 0 saturated carbocycles. The maximum atomic E-state index is 12.2. The largest absolute Gasteiger partial charge is 0.494 e. The molecule has 0 unspecified atom stereocenters. The number of nitrogens with zero attached hydrogens (tertiary/aromatic N) is 3. The molecule has 0 fully saturated rings. The summed E-state index contributed by atoms with van der Waals surface area (Å²) in [4.78, 5) is 16.1. The number of benzene rings is 2. The molecule has 3 rings (SSSR count). The lowest BCUT2D eigenvalue weighted by molar-refractivity contribution is 0.102. The summed E-state index contributed by atoms with van der Waals surface area (Å²) in [5, 5.41) is 6.91. The molecule has 1 amide bonds. The van der Waals surface area contributed by atoms with E-state index >= 15 is 0 Å². The van der Waals surface area contributed by atoms with E-state index in [9.17, 15) is 4.79 Å². The van der Waals surface area contributed by atoms with E-state index in [4.69, 9.17) is 4.74 Å². The van der Waals surface area contributed by atoms with E-state index in [0.717, 1.165) is 11.4 Å². The van der Waals surface area contributed by atoms with E-state index in [2.05, 4.69) is 15.4 Å². The van der Waals surface area contributed by atoms with Gasteiger partial charge in [0.15, 0.2) is 0 Å². The summed E-state index contributed by atoms with van der Waals surface area (Å²) in [7, 11) is 0. The van der Waals surface area contributed by atoms with Crippen molar-refractivity contribution in [3.8, 4) is 11.4 Å². The molecule has 1 heterocycles. The zero-order valence-electron chi connectivity index (χ0n) is 12.6. The lowest BCUT2D eigenvalue weighted by Crippen LogP contribution is -2.11. The van der Waals surface area contributed by atoms with Crippen LogP contribution in [0.2, 0.25) is 0 Å². The summed E-state index contributed by atoms with van der Waals surface area (Å²) in [6.07, 6.45) is 3.09. The zero-order chi connectivity index (χ0) is 16.1. The molecule has 6 nitrogen and oxygen atoms in total. The van der Waals surface area contributed by atoms with Crippen LogP contribution in [-0.4, -0.2) is 27.3 Å². The number of nitrogens with one attached hydrogen (secondary N) is 1. The minimum Gasteiger partial charge on any atom is -0.494 e. The predicted molar refractivity (Wildman–Crippen MR) is 86.9 cm³/mol. The van der Waals surface area contributed by atoms with Gasteiger partial charge in [0.2, 0.25) is 0 Å². The molecule has 0 aliphatic carbocycles. The van der Waals surface area contributed by atoms with E-state index < -0.39 is 0 Å². The third-order valence-corrected chi connectivity index (χ3v) is 3.24. The minimum absolute atomic E-state index is 0.165. The lowest BCUT2D eigenvalue weighted by Gasteiger charge is -2.08. The van der Waals surface area contributed by atoms with E-state index in [1.807, 2.05) is 31.2 Å². The molecule has 0 aliphatic rings. The quantitative estimate of drug-likeness (QED) is 0.787. The van der Waals surface area contributed by atoms with Gasteiger partial charge in [-0.3, -0.25) is 4.79 Å². The molecule has 0 spiro atoms. The van der Waals surface area contributed by atoms with Crippen LogP contribution in [-0.2, 0) is 0 Å². The lowest BCUT2D eigenvalue weighted by atomic mass is 10.2. The highest BCUT2D eigenvalue weighted by atomic mass is 16.5. The van der Waals surface area contributed by atoms with E-state index in [-0.39, 0.29) is 5.91 Å². The van der Waals surface area contributed by atoms with Crippen LogP contribution in [0.5, 0.6) is 5.75 Å². The monoisotopic (exact) mass is 308 g/mol. The Morgan fingerprint density at radius 2 is 1.87 bits per heavy atom. The molecule has 0 bridgehead atoms. The maximum Gasteiger partial charge on any atom is 0.255 e. The van der Waals surface area contributed by atoms with Crippen LogP contribution in [0.3, 0.4) is 0 Å². The van der Waals surface area contributed by atoms with Crippen molar-refractivity contribution in [1.29, 1.82) is 0 Å². The van der Waals surface area contributed by atoms with Gasteiger partial charge in [0.25, 0.3) is 5.91 Å². The van der Waals surface area contributed by atoms with Crippen LogP contribution in [0.1, 0.15) is 17.3 Å². The number of carbonyl (C=O) groups is 1. The van der Waals surface area contributed by atoms with Gasteiger partial charge in [0.1, 0.15) is 18.4 Å². The summed E-state index contributed by atoms with van der Waals surface area (Å²) in [5.41, 5.74) is 2.17. The van der Waals surface area contributed by atoms with Crippen molar-refractivity contribution in [2.24, 2.45) is 0 Å². The molecule has 0 atom stereocenters. The van der Waals surface area contributed by atoms with Gasteiger partial charge in [-0.2, -0.15) is 5.10 Å². The van der Waals surface area contributed by atoms with Gasteiger partial charge in [-0.25, -0.2) is 9.67 Å². The number of carbonyl (C=O) groups excluding carboxylic acids is 1. The molecular formula is C17H16N4O2. The Bertz CT molecular complexity index is 765. The second-order valence-electron chi connectivity index (χ2n) is 4.80. The van der Waals surface area contributed by atoms with Crippen molar-refractivity contribution in [1.82, 2.24) is 14.8 Å². The molecule has 3 aromatic rings. The Hall–Kier alpha value is -3.15. The van der Waals surface area contributed by atoms with Crippen LogP contribution in [0.15, 0.2) is 61.2 Å². The number of amides is 1. The first-order valence-electron chi connectivity index (χ1n) is 7.25. The fourth-order valence-corrected chi connectivity index (χ4v) is 2.11. The number of ether oxygens (including phenoxy) is 1. The van der Waals surface area contributed by atoms with Crippen molar-refractivity contribution < 1.29 is 9.53 Å². The molecular weight excluding hydrogens is 292 g/mol. The molecule has 2 aromatic carbocycles. The molecule has 0 aliphatic heterocycles. The van der Waals surface area contributed by atoms with Crippen molar-refractivity contribution in [3.63, 3.8) is 0 Å². The third-order valence-electron chi connectivity index (χ3n) is 3.24. The summed E-state index contributed by atoms with van der Waals surface area (Å²) in [6.45, 7) is 2.52. The zero-order valence-corrected chi connectivity index (χ0v) is 12.6. The number of rotatable bonds is 5. The Morgan fingerprint density at radius 1 is 1.13 bits per heavy atom. The molecule has 0 saturated heterocycles. The standard InChI is InChI=1S/C17H16N4O2/c1-2-23-16-9-3-13(4-10-16)17(22)20-14-5-7-15(8-6-14)21-12-18-11-19-21/h3-12H,2H2,1H3,(H,20,22). The summed E-state index contributed by atoms with van der Waals surface area (Å²) < 4.78 is 7.01. The van der Waals surface area contributed by atoms with Crippen LogP contribution in [0, 0.1) is 0 Å². The highest BCUT2D eigenvalue weighted by molar-refractivity contribution is 6.04. The Labute approximate surface area is 133 Å². The second-order valence-corrected chi connectivity index (χ2v) is 4.80.